The average molecular weight is 218 g/mol. The number of benzene rings is 1. The van der Waals surface area contributed by atoms with Gasteiger partial charge in [0.15, 0.2) is 5.82 Å². The quantitative estimate of drug-likeness (QED) is 0.824. The summed E-state index contributed by atoms with van der Waals surface area (Å²) in [6.07, 6.45) is 1.68. The van der Waals surface area contributed by atoms with Crippen LogP contribution >= 0.6 is 0 Å². The minimum Gasteiger partial charge on any atom is -0.496 e. The fraction of sp³-hybridized carbons (Fsp3) is 0.273. The van der Waals surface area contributed by atoms with Crippen molar-refractivity contribution in [1.29, 1.82) is 0 Å². The molecule has 0 aliphatic rings. The Labute approximate surface area is 93.9 Å². The Hall–Kier alpha value is -1.88. The van der Waals surface area contributed by atoms with E-state index < -0.39 is 0 Å². The summed E-state index contributed by atoms with van der Waals surface area (Å²) < 4.78 is 7.01. The molecule has 1 aromatic heterocycles. The number of nitrogens with two attached hydrogens (primary N) is 1. The van der Waals surface area contributed by atoms with Gasteiger partial charge < -0.3 is 10.5 Å². The average Bonchev–Trinajstić information content (AvgIpc) is 2.77. The Bertz CT molecular complexity index is 467. The molecule has 1 aromatic carbocycles. The monoisotopic (exact) mass is 218 g/mol. The summed E-state index contributed by atoms with van der Waals surface area (Å²) in [5.74, 6) is 1.50. The topological polar surface area (TPSA) is 66.0 Å². The molecule has 0 radical (unpaired) electrons. The maximum atomic E-state index is 5.45. The molecule has 0 bridgehead atoms. The lowest BCUT2D eigenvalue weighted by Gasteiger charge is -2.07. The number of ether oxygens (including phenoxy) is 1. The van der Waals surface area contributed by atoms with Crippen molar-refractivity contribution in [2.45, 2.75) is 13.1 Å². The molecule has 0 aliphatic carbocycles. The predicted octanol–water partition coefficient (Wildman–Crippen LogP) is 0.794. The Balaban J connectivity index is 2.19. The van der Waals surface area contributed by atoms with Gasteiger partial charge in [0.1, 0.15) is 12.1 Å². The van der Waals surface area contributed by atoms with E-state index in [4.69, 9.17) is 10.5 Å². The summed E-state index contributed by atoms with van der Waals surface area (Å²) in [5.41, 5.74) is 6.52. The first-order valence-electron chi connectivity index (χ1n) is 5.03. The van der Waals surface area contributed by atoms with Gasteiger partial charge in [0.05, 0.1) is 20.2 Å². The molecule has 5 nitrogen and oxygen atoms in total. The molecular weight excluding hydrogens is 204 g/mol. The molecule has 5 heteroatoms. The third kappa shape index (κ3) is 2.20. The van der Waals surface area contributed by atoms with Gasteiger partial charge >= 0.3 is 0 Å². The Morgan fingerprint density at radius 2 is 2.19 bits per heavy atom. The second-order valence-corrected chi connectivity index (χ2v) is 3.37. The van der Waals surface area contributed by atoms with E-state index in [1.54, 1.807) is 18.1 Å². The van der Waals surface area contributed by atoms with Crippen LogP contribution in [0.15, 0.2) is 30.6 Å². The summed E-state index contributed by atoms with van der Waals surface area (Å²) in [4.78, 5) is 4.07. The molecule has 0 fully saturated rings. The van der Waals surface area contributed by atoms with Crippen molar-refractivity contribution in [2.75, 3.05) is 7.11 Å². The first-order chi connectivity index (χ1) is 7.83. The molecule has 0 saturated carbocycles. The van der Waals surface area contributed by atoms with Crippen LogP contribution in [0.1, 0.15) is 11.4 Å². The van der Waals surface area contributed by atoms with E-state index in [2.05, 4.69) is 10.1 Å². The van der Waals surface area contributed by atoms with Gasteiger partial charge in [0.25, 0.3) is 0 Å². The standard InChI is InChI=1S/C11H14N4O/c1-16-10-5-3-2-4-9(10)7-15-8-13-11(6-12)14-15/h2-5,8H,6-7,12H2,1H3. The highest BCUT2D eigenvalue weighted by Gasteiger charge is 2.04. The van der Waals surface area contributed by atoms with Gasteiger partial charge in [-0.2, -0.15) is 5.10 Å². The molecule has 2 aromatic rings. The number of methoxy groups -OCH3 is 1. The molecular formula is C11H14N4O. The zero-order valence-electron chi connectivity index (χ0n) is 9.13. The Kier molecular flexibility index (Phi) is 3.16. The van der Waals surface area contributed by atoms with Gasteiger partial charge in [-0.3, -0.25) is 0 Å². The normalized spacial score (nSPS) is 10.4. The molecule has 84 valence electrons. The van der Waals surface area contributed by atoms with Crippen LogP contribution in [-0.4, -0.2) is 21.9 Å². The van der Waals surface area contributed by atoms with Gasteiger partial charge in [-0.1, -0.05) is 18.2 Å². The number of aromatic nitrogens is 3. The molecule has 16 heavy (non-hydrogen) atoms. The SMILES string of the molecule is COc1ccccc1Cn1cnc(CN)n1. The highest BCUT2D eigenvalue weighted by atomic mass is 16.5. The van der Waals surface area contributed by atoms with Crippen molar-refractivity contribution >= 4 is 0 Å². The fourth-order valence-electron chi connectivity index (χ4n) is 1.51. The Morgan fingerprint density at radius 1 is 1.38 bits per heavy atom. The summed E-state index contributed by atoms with van der Waals surface area (Å²) >= 11 is 0. The van der Waals surface area contributed by atoms with Gasteiger partial charge in [-0.05, 0) is 6.07 Å². The van der Waals surface area contributed by atoms with E-state index in [1.165, 1.54) is 0 Å². The van der Waals surface area contributed by atoms with Crippen LogP contribution in [0.2, 0.25) is 0 Å². The first kappa shape index (κ1) is 10.6. The van der Waals surface area contributed by atoms with Crippen molar-refractivity contribution in [3.8, 4) is 5.75 Å². The van der Waals surface area contributed by atoms with Gasteiger partial charge in [-0.25, -0.2) is 9.67 Å². The first-order valence-corrected chi connectivity index (χ1v) is 5.03. The van der Waals surface area contributed by atoms with Gasteiger partial charge in [0, 0.05) is 5.56 Å². The second-order valence-electron chi connectivity index (χ2n) is 3.37. The third-order valence-electron chi connectivity index (χ3n) is 2.29. The molecule has 0 spiro atoms. The van der Waals surface area contributed by atoms with Crippen molar-refractivity contribution in [1.82, 2.24) is 14.8 Å². The second kappa shape index (κ2) is 4.76. The lowest BCUT2D eigenvalue weighted by Crippen LogP contribution is -2.04. The van der Waals surface area contributed by atoms with Crippen LogP contribution in [-0.2, 0) is 13.1 Å². The molecule has 1 heterocycles. The Morgan fingerprint density at radius 3 is 2.88 bits per heavy atom. The highest BCUT2D eigenvalue weighted by Crippen LogP contribution is 2.17. The molecule has 2 rings (SSSR count). The van der Waals surface area contributed by atoms with Crippen LogP contribution in [0, 0.1) is 0 Å². The predicted molar refractivity (Wildman–Crippen MR) is 60.0 cm³/mol. The smallest absolute Gasteiger partial charge is 0.164 e. The minimum atomic E-state index is 0.360. The molecule has 0 saturated heterocycles. The summed E-state index contributed by atoms with van der Waals surface area (Å²) in [7, 11) is 1.66. The van der Waals surface area contributed by atoms with Crippen LogP contribution < -0.4 is 10.5 Å². The van der Waals surface area contributed by atoms with E-state index in [0.717, 1.165) is 11.3 Å². The van der Waals surface area contributed by atoms with E-state index in [9.17, 15) is 0 Å². The van der Waals surface area contributed by atoms with E-state index in [-0.39, 0.29) is 0 Å². The molecule has 0 atom stereocenters. The molecule has 0 unspecified atom stereocenters. The lowest BCUT2D eigenvalue weighted by molar-refractivity contribution is 0.407. The number of hydrogen-bond donors (Lipinski definition) is 1. The van der Waals surface area contributed by atoms with Crippen molar-refractivity contribution in [2.24, 2.45) is 5.73 Å². The minimum absolute atomic E-state index is 0.360. The van der Waals surface area contributed by atoms with Crippen LogP contribution in [0.4, 0.5) is 0 Å². The van der Waals surface area contributed by atoms with Gasteiger partial charge in [0.2, 0.25) is 0 Å². The largest absolute Gasteiger partial charge is 0.496 e. The summed E-state index contributed by atoms with van der Waals surface area (Å²) in [5, 5.41) is 4.22. The van der Waals surface area contributed by atoms with Crippen molar-refractivity contribution < 1.29 is 4.74 Å². The van der Waals surface area contributed by atoms with E-state index in [0.29, 0.717) is 18.9 Å². The molecule has 2 N–H and O–H groups in total. The van der Waals surface area contributed by atoms with E-state index >= 15 is 0 Å². The summed E-state index contributed by atoms with van der Waals surface area (Å²) in [6, 6.07) is 7.84. The number of rotatable bonds is 4. The maximum absolute atomic E-state index is 5.45. The highest BCUT2D eigenvalue weighted by molar-refractivity contribution is 5.33. The summed E-state index contributed by atoms with van der Waals surface area (Å²) in [6.45, 7) is 0.996. The van der Waals surface area contributed by atoms with Crippen molar-refractivity contribution in [3.63, 3.8) is 0 Å². The maximum Gasteiger partial charge on any atom is 0.164 e. The number of para-hydroxylation sites is 1. The van der Waals surface area contributed by atoms with Crippen LogP contribution in [0.5, 0.6) is 5.75 Å². The molecule has 0 amide bonds. The fourth-order valence-corrected chi connectivity index (χ4v) is 1.51. The number of nitrogens with zero attached hydrogens (tertiary/aromatic N) is 3. The van der Waals surface area contributed by atoms with E-state index in [1.807, 2.05) is 24.3 Å². The third-order valence-corrected chi connectivity index (χ3v) is 2.29. The number of hydrogen-bond acceptors (Lipinski definition) is 4. The van der Waals surface area contributed by atoms with Crippen LogP contribution in [0.3, 0.4) is 0 Å². The molecule has 0 aliphatic heterocycles. The van der Waals surface area contributed by atoms with Crippen molar-refractivity contribution in [3.05, 3.63) is 42.0 Å². The lowest BCUT2D eigenvalue weighted by atomic mass is 10.2. The zero-order chi connectivity index (χ0) is 11.4. The zero-order valence-corrected chi connectivity index (χ0v) is 9.13. The van der Waals surface area contributed by atoms with Crippen LogP contribution in [0.25, 0.3) is 0 Å². The van der Waals surface area contributed by atoms with Gasteiger partial charge in [-0.15, -0.1) is 0 Å².